The lowest BCUT2D eigenvalue weighted by Crippen LogP contribution is -2.28. The van der Waals surface area contributed by atoms with Gasteiger partial charge in [-0.15, -0.1) is 24.8 Å². The van der Waals surface area contributed by atoms with Gasteiger partial charge in [0, 0.05) is 37.1 Å². The largest absolute Gasteiger partial charge is 0.325 e. The Balaban J connectivity index is 0.00000112. The Bertz CT molecular complexity index is 1080. The molecule has 4 aromatic rings. The molecule has 1 aliphatic rings. The highest BCUT2D eigenvalue weighted by molar-refractivity contribution is 5.85. The van der Waals surface area contributed by atoms with Gasteiger partial charge in [-0.3, -0.25) is 9.67 Å². The maximum absolute atomic E-state index is 4.76. The first-order valence-electron chi connectivity index (χ1n) is 8.92. The van der Waals surface area contributed by atoms with E-state index in [2.05, 4.69) is 55.7 Å². The molecule has 0 amide bonds. The summed E-state index contributed by atoms with van der Waals surface area (Å²) in [6.45, 7) is 5.64. The molecule has 0 aliphatic carbocycles. The minimum atomic E-state index is 0. The van der Waals surface area contributed by atoms with Crippen molar-refractivity contribution < 1.29 is 0 Å². The third-order valence-electron chi connectivity index (χ3n) is 5.07. The van der Waals surface area contributed by atoms with Gasteiger partial charge in [0.25, 0.3) is 0 Å². The van der Waals surface area contributed by atoms with E-state index in [1.807, 2.05) is 24.7 Å². The van der Waals surface area contributed by atoms with E-state index in [9.17, 15) is 0 Å². The van der Waals surface area contributed by atoms with Crippen LogP contribution in [0.4, 0.5) is 0 Å². The fourth-order valence-electron chi connectivity index (χ4n) is 3.67. The third-order valence-corrected chi connectivity index (χ3v) is 5.07. The molecule has 1 N–H and O–H groups in total. The summed E-state index contributed by atoms with van der Waals surface area (Å²) < 4.78 is 4.26. The zero-order valence-corrected chi connectivity index (χ0v) is 17.1. The SMILES string of the molecule is Cc1ccc2ncccc2c1Cn1ccnc1-c1cc2n(n1)CCNC2.Cl.Cl. The number of fused-ring (bicyclic) bond motifs is 2. The van der Waals surface area contributed by atoms with Crippen LogP contribution in [0.1, 0.15) is 16.8 Å². The summed E-state index contributed by atoms with van der Waals surface area (Å²) in [4.78, 5) is 9.08. The van der Waals surface area contributed by atoms with Crippen LogP contribution < -0.4 is 5.32 Å². The number of nitrogens with one attached hydrogen (secondary N) is 1. The standard InChI is InChI=1S/C20H20N6.2ClH/c1-14-4-5-18-16(3-2-6-22-18)17(14)13-25-9-8-23-20(25)19-11-15-12-21-7-10-26(15)24-19;;/h2-6,8-9,11,21H,7,10,12-13H2,1H3;2*1H. The highest BCUT2D eigenvalue weighted by Crippen LogP contribution is 2.25. The summed E-state index contributed by atoms with van der Waals surface area (Å²) in [5.74, 6) is 0.909. The molecular formula is C20H22Cl2N6. The van der Waals surface area contributed by atoms with Crippen molar-refractivity contribution in [2.24, 2.45) is 0 Å². The van der Waals surface area contributed by atoms with Gasteiger partial charge in [0.15, 0.2) is 5.82 Å². The molecule has 28 heavy (non-hydrogen) atoms. The van der Waals surface area contributed by atoms with Gasteiger partial charge in [0.2, 0.25) is 0 Å². The predicted molar refractivity (Wildman–Crippen MR) is 115 cm³/mol. The first kappa shape index (κ1) is 20.3. The molecule has 8 heteroatoms. The van der Waals surface area contributed by atoms with E-state index in [1.54, 1.807) is 0 Å². The third kappa shape index (κ3) is 3.51. The molecule has 0 saturated carbocycles. The number of aromatic nitrogens is 5. The van der Waals surface area contributed by atoms with Crippen molar-refractivity contribution in [3.05, 3.63) is 65.7 Å². The van der Waals surface area contributed by atoms with Crippen molar-refractivity contribution >= 4 is 35.7 Å². The molecule has 146 valence electrons. The van der Waals surface area contributed by atoms with Crippen LogP contribution in [0.15, 0.2) is 48.9 Å². The molecule has 4 heterocycles. The average molecular weight is 417 g/mol. The fraction of sp³-hybridized carbons (Fsp3) is 0.250. The summed E-state index contributed by atoms with van der Waals surface area (Å²) in [7, 11) is 0. The van der Waals surface area contributed by atoms with Crippen molar-refractivity contribution in [3.8, 4) is 11.5 Å². The molecule has 0 saturated heterocycles. The summed E-state index contributed by atoms with van der Waals surface area (Å²) in [6, 6.07) is 10.5. The van der Waals surface area contributed by atoms with E-state index in [0.717, 1.165) is 43.2 Å². The summed E-state index contributed by atoms with van der Waals surface area (Å²) in [5, 5.41) is 9.34. The number of aryl methyl sites for hydroxylation is 1. The van der Waals surface area contributed by atoms with Crippen LogP contribution in [0.3, 0.4) is 0 Å². The van der Waals surface area contributed by atoms with Crippen LogP contribution in [0, 0.1) is 6.92 Å². The van der Waals surface area contributed by atoms with Crippen LogP contribution in [-0.4, -0.2) is 30.9 Å². The lowest BCUT2D eigenvalue weighted by Gasteiger charge is -2.13. The molecule has 3 aromatic heterocycles. The number of nitrogens with zero attached hydrogens (tertiary/aromatic N) is 5. The van der Waals surface area contributed by atoms with E-state index in [0.29, 0.717) is 0 Å². The topological polar surface area (TPSA) is 60.6 Å². The van der Waals surface area contributed by atoms with Crippen LogP contribution in [0.2, 0.25) is 0 Å². The van der Waals surface area contributed by atoms with Gasteiger partial charge in [0.1, 0.15) is 5.69 Å². The lowest BCUT2D eigenvalue weighted by molar-refractivity contribution is 0.476. The van der Waals surface area contributed by atoms with Crippen molar-refractivity contribution in [3.63, 3.8) is 0 Å². The van der Waals surface area contributed by atoms with Crippen molar-refractivity contribution in [2.75, 3.05) is 6.54 Å². The summed E-state index contributed by atoms with van der Waals surface area (Å²) in [6.07, 6.45) is 5.72. The van der Waals surface area contributed by atoms with Crippen LogP contribution in [-0.2, 0) is 19.6 Å². The second-order valence-corrected chi connectivity index (χ2v) is 6.73. The fourth-order valence-corrected chi connectivity index (χ4v) is 3.67. The van der Waals surface area contributed by atoms with Gasteiger partial charge in [0.05, 0.1) is 24.3 Å². The predicted octanol–water partition coefficient (Wildman–Crippen LogP) is 3.60. The first-order chi connectivity index (χ1) is 12.8. The van der Waals surface area contributed by atoms with E-state index in [1.165, 1.54) is 22.2 Å². The maximum Gasteiger partial charge on any atom is 0.160 e. The zero-order valence-electron chi connectivity index (χ0n) is 15.5. The van der Waals surface area contributed by atoms with Crippen LogP contribution >= 0.6 is 24.8 Å². The number of rotatable bonds is 3. The minimum absolute atomic E-state index is 0. The van der Waals surface area contributed by atoms with Gasteiger partial charge >= 0.3 is 0 Å². The molecule has 1 aliphatic heterocycles. The molecule has 0 bridgehead atoms. The van der Waals surface area contributed by atoms with Gasteiger partial charge in [-0.05, 0) is 36.2 Å². The second kappa shape index (κ2) is 8.31. The molecule has 6 nitrogen and oxygen atoms in total. The molecule has 1 aromatic carbocycles. The van der Waals surface area contributed by atoms with Gasteiger partial charge in [-0.1, -0.05) is 12.1 Å². The highest BCUT2D eigenvalue weighted by Gasteiger charge is 2.17. The first-order valence-corrected chi connectivity index (χ1v) is 8.92. The number of pyridine rings is 1. The number of benzene rings is 1. The van der Waals surface area contributed by atoms with E-state index < -0.39 is 0 Å². The normalized spacial score (nSPS) is 12.9. The smallest absolute Gasteiger partial charge is 0.160 e. The highest BCUT2D eigenvalue weighted by atomic mass is 35.5. The quantitative estimate of drug-likeness (QED) is 0.554. The van der Waals surface area contributed by atoms with Crippen LogP contribution in [0.25, 0.3) is 22.4 Å². The molecule has 5 rings (SSSR count). The Kier molecular flexibility index (Phi) is 6.03. The van der Waals surface area contributed by atoms with Gasteiger partial charge < -0.3 is 9.88 Å². The van der Waals surface area contributed by atoms with Crippen molar-refractivity contribution in [1.82, 2.24) is 29.6 Å². The van der Waals surface area contributed by atoms with E-state index in [4.69, 9.17) is 5.10 Å². The summed E-state index contributed by atoms with van der Waals surface area (Å²) >= 11 is 0. The monoisotopic (exact) mass is 416 g/mol. The van der Waals surface area contributed by atoms with E-state index >= 15 is 0 Å². The average Bonchev–Trinajstić information content (AvgIpc) is 3.30. The Labute approximate surface area is 175 Å². The molecule has 0 spiro atoms. The number of hydrogen-bond donors (Lipinski definition) is 1. The number of imidazole rings is 1. The number of halogens is 2. The minimum Gasteiger partial charge on any atom is -0.325 e. The van der Waals surface area contributed by atoms with Gasteiger partial charge in [-0.25, -0.2) is 4.98 Å². The Morgan fingerprint density at radius 1 is 1.11 bits per heavy atom. The Morgan fingerprint density at radius 3 is 2.86 bits per heavy atom. The lowest BCUT2D eigenvalue weighted by atomic mass is 10.0. The maximum atomic E-state index is 4.76. The molecular weight excluding hydrogens is 395 g/mol. The Hall–Kier alpha value is -2.41. The van der Waals surface area contributed by atoms with Gasteiger partial charge in [-0.2, -0.15) is 5.10 Å². The van der Waals surface area contributed by atoms with Crippen molar-refractivity contribution in [1.29, 1.82) is 0 Å². The molecule has 0 radical (unpaired) electrons. The molecule has 0 atom stereocenters. The molecule has 0 fully saturated rings. The zero-order chi connectivity index (χ0) is 17.5. The Morgan fingerprint density at radius 2 is 2.00 bits per heavy atom. The van der Waals surface area contributed by atoms with E-state index in [-0.39, 0.29) is 24.8 Å². The second-order valence-electron chi connectivity index (χ2n) is 6.73. The molecule has 0 unspecified atom stereocenters. The van der Waals surface area contributed by atoms with Crippen LogP contribution in [0.5, 0.6) is 0 Å². The van der Waals surface area contributed by atoms with Crippen molar-refractivity contribution in [2.45, 2.75) is 26.6 Å². The summed E-state index contributed by atoms with van der Waals surface area (Å²) in [5.41, 5.74) is 5.72. The number of hydrogen-bond acceptors (Lipinski definition) is 4.